The van der Waals surface area contributed by atoms with Crippen LogP contribution >= 0.6 is 0 Å². The molecule has 0 aliphatic rings. The minimum atomic E-state index is -0.250. The molecule has 5 heteroatoms. The molecule has 3 aromatic carbocycles. The van der Waals surface area contributed by atoms with E-state index in [1.54, 1.807) is 24.3 Å². The molecule has 0 fully saturated rings. The highest BCUT2D eigenvalue weighted by Gasteiger charge is 2.00. The van der Waals surface area contributed by atoms with Gasteiger partial charge in [0.2, 0.25) is 0 Å². The van der Waals surface area contributed by atoms with Gasteiger partial charge in [0.25, 0.3) is 5.91 Å². The van der Waals surface area contributed by atoms with Gasteiger partial charge in [-0.05, 0) is 40.6 Å². The molecule has 0 saturated heterocycles. The topological polar surface area (TPSA) is 73.7 Å². The van der Waals surface area contributed by atoms with Gasteiger partial charge in [0.15, 0.2) is 0 Å². The molecule has 0 spiro atoms. The number of fused-ring (bicyclic) bond motifs is 1. The highest BCUT2D eigenvalue weighted by molar-refractivity contribution is 5.87. The third-order valence-corrected chi connectivity index (χ3v) is 3.48. The summed E-state index contributed by atoms with van der Waals surface area (Å²) in [4.78, 5) is 11.8. The van der Waals surface area contributed by atoms with Crippen LogP contribution in [0.5, 0.6) is 5.75 Å². The van der Waals surface area contributed by atoms with Crippen LogP contribution in [0.1, 0.15) is 5.56 Å². The van der Waals surface area contributed by atoms with Crippen LogP contribution in [0.15, 0.2) is 71.8 Å². The molecule has 0 aliphatic heterocycles. The number of carbonyl (C=O) groups excluding carboxylic acids is 1. The van der Waals surface area contributed by atoms with Crippen molar-refractivity contribution in [1.29, 1.82) is 0 Å². The lowest BCUT2D eigenvalue weighted by atomic mass is 10.1. The maximum atomic E-state index is 11.8. The van der Waals surface area contributed by atoms with Gasteiger partial charge in [0.05, 0.1) is 12.8 Å². The molecule has 1 amide bonds. The van der Waals surface area contributed by atoms with Crippen molar-refractivity contribution in [2.75, 3.05) is 11.9 Å². The van der Waals surface area contributed by atoms with E-state index in [0.717, 1.165) is 16.5 Å². The van der Waals surface area contributed by atoms with Crippen molar-refractivity contribution in [3.05, 3.63) is 72.3 Å². The average Bonchev–Trinajstić information content (AvgIpc) is 2.60. The Morgan fingerprint density at radius 3 is 2.67 bits per heavy atom. The first kappa shape index (κ1) is 15.6. The first-order valence-corrected chi connectivity index (χ1v) is 7.54. The van der Waals surface area contributed by atoms with E-state index in [2.05, 4.69) is 15.8 Å². The Labute approximate surface area is 139 Å². The molecular formula is C19H17N3O2. The normalized spacial score (nSPS) is 10.8. The first-order valence-electron chi connectivity index (χ1n) is 7.54. The van der Waals surface area contributed by atoms with Gasteiger partial charge in [-0.3, -0.25) is 4.79 Å². The molecule has 5 nitrogen and oxygen atoms in total. The third kappa shape index (κ3) is 4.10. The number of carbonyl (C=O) groups is 1. The van der Waals surface area contributed by atoms with E-state index in [4.69, 9.17) is 0 Å². The monoisotopic (exact) mass is 319 g/mol. The molecule has 120 valence electrons. The summed E-state index contributed by atoms with van der Waals surface area (Å²) in [5, 5.41) is 18.6. The summed E-state index contributed by atoms with van der Waals surface area (Å²) in [6, 6.07) is 20.6. The lowest BCUT2D eigenvalue weighted by Gasteiger charge is -2.06. The number of amides is 1. The number of rotatable bonds is 5. The van der Waals surface area contributed by atoms with Gasteiger partial charge >= 0.3 is 0 Å². The number of hydrogen-bond donors (Lipinski definition) is 3. The summed E-state index contributed by atoms with van der Waals surface area (Å²) in [7, 11) is 0. The second-order valence-corrected chi connectivity index (χ2v) is 5.30. The summed E-state index contributed by atoms with van der Waals surface area (Å²) in [5.41, 5.74) is 4.03. The lowest BCUT2D eigenvalue weighted by Crippen LogP contribution is -2.25. The number of benzene rings is 3. The second-order valence-electron chi connectivity index (χ2n) is 5.30. The van der Waals surface area contributed by atoms with Gasteiger partial charge < -0.3 is 10.4 Å². The molecule has 3 N–H and O–H groups in total. The summed E-state index contributed by atoms with van der Waals surface area (Å²) < 4.78 is 0. The van der Waals surface area contributed by atoms with Crippen LogP contribution in [0.2, 0.25) is 0 Å². The van der Waals surface area contributed by atoms with Gasteiger partial charge in [0, 0.05) is 5.69 Å². The Hall–Kier alpha value is -3.34. The van der Waals surface area contributed by atoms with E-state index < -0.39 is 0 Å². The number of aromatic hydroxyl groups is 1. The Kier molecular flexibility index (Phi) is 4.72. The molecule has 24 heavy (non-hydrogen) atoms. The van der Waals surface area contributed by atoms with Crippen LogP contribution < -0.4 is 10.7 Å². The fourth-order valence-corrected chi connectivity index (χ4v) is 2.31. The minimum Gasteiger partial charge on any atom is -0.508 e. The quantitative estimate of drug-likeness (QED) is 0.500. The first-order chi connectivity index (χ1) is 11.7. The number of hydrazone groups is 1. The zero-order valence-corrected chi connectivity index (χ0v) is 12.9. The van der Waals surface area contributed by atoms with Crippen molar-refractivity contribution in [1.82, 2.24) is 5.43 Å². The van der Waals surface area contributed by atoms with Crippen molar-refractivity contribution in [2.24, 2.45) is 5.10 Å². The van der Waals surface area contributed by atoms with Crippen LogP contribution in [0.25, 0.3) is 10.8 Å². The predicted molar refractivity (Wildman–Crippen MR) is 96.3 cm³/mol. The summed E-state index contributed by atoms with van der Waals surface area (Å²) in [6.45, 7) is 0.121. The van der Waals surface area contributed by atoms with E-state index >= 15 is 0 Å². The van der Waals surface area contributed by atoms with E-state index in [0.29, 0.717) is 5.56 Å². The number of phenols is 1. The smallest absolute Gasteiger partial charge is 0.259 e. The van der Waals surface area contributed by atoms with Crippen LogP contribution in [-0.2, 0) is 4.79 Å². The number of phenolic OH excluding ortho intramolecular Hbond substituents is 1. The molecule has 0 atom stereocenters. The Morgan fingerprint density at radius 1 is 1.00 bits per heavy atom. The molecule has 0 aliphatic carbocycles. The highest BCUT2D eigenvalue weighted by atomic mass is 16.3. The average molecular weight is 319 g/mol. The van der Waals surface area contributed by atoms with E-state index in [1.807, 2.05) is 42.5 Å². The number of anilines is 1. The van der Waals surface area contributed by atoms with Gasteiger partial charge in [-0.15, -0.1) is 0 Å². The number of hydrogen-bond acceptors (Lipinski definition) is 4. The summed E-state index contributed by atoms with van der Waals surface area (Å²) in [5.74, 6) is -0.0946. The maximum Gasteiger partial charge on any atom is 0.259 e. The van der Waals surface area contributed by atoms with Crippen LogP contribution in [0.3, 0.4) is 0 Å². The van der Waals surface area contributed by atoms with Crippen molar-refractivity contribution >= 4 is 28.6 Å². The molecule has 0 aromatic heterocycles. The number of nitrogens with zero attached hydrogens (tertiary/aromatic N) is 1. The van der Waals surface area contributed by atoms with Crippen molar-refractivity contribution in [3.63, 3.8) is 0 Å². The lowest BCUT2D eigenvalue weighted by molar-refractivity contribution is -0.119. The molecule has 0 radical (unpaired) electrons. The molecule has 0 bridgehead atoms. The third-order valence-electron chi connectivity index (χ3n) is 3.48. The van der Waals surface area contributed by atoms with Crippen molar-refractivity contribution in [3.8, 4) is 5.75 Å². The largest absolute Gasteiger partial charge is 0.508 e. The standard InChI is InChI=1S/C19H17N3O2/c23-18-7-3-4-14(10-18)12-21-22-19(24)13-20-17-9-8-15-5-1-2-6-16(15)11-17/h1-12,20,23H,13H2,(H,22,24). The Bertz CT molecular complexity index is 890. The SMILES string of the molecule is O=C(CNc1ccc2ccccc2c1)NN=Cc1cccc(O)c1. The molecule has 3 aromatic rings. The zero-order valence-electron chi connectivity index (χ0n) is 12.9. The van der Waals surface area contributed by atoms with Crippen LogP contribution in [-0.4, -0.2) is 23.8 Å². The van der Waals surface area contributed by atoms with E-state index in [-0.39, 0.29) is 18.2 Å². The molecular weight excluding hydrogens is 302 g/mol. The fourth-order valence-electron chi connectivity index (χ4n) is 2.31. The summed E-state index contributed by atoms with van der Waals surface area (Å²) >= 11 is 0. The van der Waals surface area contributed by atoms with E-state index in [9.17, 15) is 9.90 Å². The predicted octanol–water partition coefficient (Wildman–Crippen LogP) is 3.11. The van der Waals surface area contributed by atoms with Crippen LogP contribution in [0.4, 0.5) is 5.69 Å². The highest BCUT2D eigenvalue weighted by Crippen LogP contribution is 2.18. The van der Waals surface area contributed by atoms with Gasteiger partial charge in [-0.2, -0.15) is 5.10 Å². The molecule has 0 saturated carbocycles. The van der Waals surface area contributed by atoms with Gasteiger partial charge in [-0.1, -0.05) is 42.5 Å². The van der Waals surface area contributed by atoms with Gasteiger partial charge in [-0.25, -0.2) is 5.43 Å². The maximum absolute atomic E-state index is 11.8. The second kappa shape index (κ2) is 7.28. The molecule has 0 unspecified atom stereocenters. The number of nitrogens with one attached hydrogen (secondary N) is 2. The minimum absolute atomic E-state index is 0.121. The molecule has 3 rings (SSSR count). The zero-order chi connectivity index (χ0) is 16.8. The van der Waals surface area contributed by atoms with Crippen molar-refractivity contribution in [2.45, 2.75) is 0 Å². The van der Waals surface area contributed by atoms with Crippen LogP contribution in [0, 0.1) is 0 Å². The van der Waals surface area contributed by atoms with Gasteiger partial charge in [0.1, 0.15) is 5.75 Å². The Morgan fingerprint density at radius 2 is 1.83 bits per heavy atom. The van der Waals surface area contributed by atoms with Crippen molar-refractivity contribution < 1.29 is 9.90 Å². The summed E-state index contributed by atoms with van der Waals surface area (Å²) in [6.07, 6.45) is 1.48. The van der Waals surface area contributed by atoms with E-state index in [1.165, 1.54) is 6.21 Å². The Balaban J connectivity index is 1.53. The fraction of sp³-hybridized carbons (Fsp3) is 0.0526. The molecule has 0 heterocycles.